The van der Waals surface area contributed by atoms with E-state index in [-0.39, 0.29) is 11.3 Å². The summed E-state index contributed by atoms with van der Waals surface area (Å²) in [6, 6.07) is 16.1. The van der Waals surface area contributed by atoms with Crippen LogP contribution in [0.25, 0.3) is 0 Å². The number of hydrogen-bond donors (Lipinski definition) is 0. The molecule has 0 aliphatic carbocycles. The number of ether oxygens (including phenoxy) is 1. The van der Waals surface area contributed by atoms with Crippen molar-refractivity contribution in [1.29, 1.82) is 0 Å². The first-order valence-electron chi connectivity index (χ1n) is 9.17. The molecule has 1 amide bonds. The molecule has 1 saturated heterocycles. The number of amides is 1. The van der Waals surface area contributed by atoms with E-state index in [0.29, 0.717) is 0 Å². The molecule has 1 aliphatic heterocycles. The number of carbonyl (C=O) groups excluding carboxylic acids is 1. The van der Waals surface area contributed by atoms with Gasteiger partial charge in [-0.2, -0.15) is 0 Å². The van der Waals surface area contributed by atoms with Crippen LogP contribution < -0.4 is 9.64 Å². The summed E-state index contributed by atoms with van der Waals surface area (Å²) in [5, 5.41) is 0. The van der Waals surface area contributed by atoms with Gasteiger partial charge in [0.15, 0.2) is 0 Å². The lowest BCUT2D eigenvalue weighted by atomic mass is 9.86. The molecular weight excluding hydrogens is 324 g/mol. The first-order valence-corrected chi connectivity index (χ1v) is 9.17. The zero-order valence-electron chi connectivity index (χ0n) is 16.2. The van der Waals surface area contributed by atoms with Gasteiger partial charge in [-0.15, -0.1) is 0 Å². The fraction of sp³-hybridized carbons (Fsp3) is 0.409. The van der Waals surface area contributed by atoms with Gasteiger partial charge in [0, 0.05) is 43.5 Å². The van der Waals surface area contributed by atoms with E-state index in [1.807, 2.05) is 35.2 Å². The predicted octanol–water partition coefficient (Wildman–Crippen LogP) is 3.96. The van der Waals surface area contributed by atoms with Crippen molar-refractivity contribution in [3.63, 3.8) is 0 Å². The average Bonchev–Trinajstić information content (AvgIpc) is 2.67. The van der Waals surface area contributed by atoms with Crippen LogP contribution in [0.2, 0.25) is 0 Å². The first kappa shape index (κ1) is 18.3. The van der Waals surface area contributed by atoms with Crippen molar-refractivity contribution in [3.05, 3.63) is 59.7 Å². The number of rotatable bonds is 3. The Kier molecular flexibility index (Phi) is 5.21. The Bertz CT molecular complexity index is 754. The van der Waals surface area contributed by atoms with E-state index in [0.717, 1.165) is 43.2 Å². The predicted molar refractivity (Wildman–Crippen MR) is 106 cm³/mol. The van der Waals surface area contributed by atoms with Gasteiger partial charge in [-0.25, -0.2) is 0 Å². The van der Waals surface area contributed by atoms with Crippen LogP contribution in [0.3, 0.4) is 0 Å². The third kappa shape index (κ3) is 4.01. The number of anilines is 1. The smallest absolute Gasteiger partial charge is 0.253 e. The average molecular weight is 352 g/mol. The van der Waals surface area contributed by atoms with Crippen molar-refractivity contribution >= 4 is 11.6 Å². The summed E-state index contributed by atoms with van der Waals surface area (Å²) in [6.45, 7) is 9.68. The standard InChI is InChI=1S/C22H28N2O2/c1-22(2,3)18-10-8-17(9-11-18)21(25)24-14-12-23(13-15-24)19-6-5-7-20(16-19)26-4/h5-11,16H,12-15H2,1-4H3. The minimum Gasteiger partial charge on any atom is -0.497 e. The van der Waals surface area contributed by atoms with Crippen LogP contribution in [0.4, 0.5) is 5.69 Å². The number of hydrogen-bond acceptors (Lipinski definition) is 3. The van der Waals surface area contributed by atoms with Crippen LogP contribution in [0.15, 0.2) is 48.5 Å². The maximum absolute atomic E-state index is 12.8. The minimum atomic E-state index is 0.101. The highest BCUT2D eigenvalue weighted by atomic mass is 16.5. The van der Waals surface area contributed by atoms with Gasteiger partial charge in [0.25, 0.3) is 5.91 Å². The highest BCUT2D eigenvalue weighted by Gasteiger charge is 2.23. The van der Waals surface area contributed by atoms with Crippen LogP contribution in [-0.4, -0.2) is 44.1 Å². The Labute approximate surface area is 156 Å². The molecule has 1 fully saturated rings. The number of methoxy groups -OCH3 is 1. The lowest BCUT2D eigenvalue weighted by molar-refractivity contribution is 0.0746. The molecule has 2 aromatic rings. The van der Waals surface area contributed by atoms with Gasteiger partial charge in [0.2, 0.25) is 0 Å². The maximum Gasteiger partial charge on any atom is 0.253 e. The summed E-state index contributed by atoms with van der Waals surface area (Å²) in [6.07, 6.45) is 0. The quantitative estimate of drug-likeness (QED) is 0.838. The van der Waals surface area contributed by atoms with Gasteiger partial charge >= 0.3 is 0 Å². The van der Waals surface area contributed by atoms with Crippen molar-refractivity contribution < 1.29 is 9.53 Å². The van der Waals surface area contributed by atoms with E-state index in [1.165, 1.54) is 5.56 Å². The molecule has 0 unspecified atom stereocenters. The molecule has 3 rings (SSSR count). The molecule has 0 saturated carbocycles. The molecule has 1 aliphatic rings. The Morgan fingerprint density at radius 1 is 0.962 bits per heavy atom. The van der Waals surface area contributed by atoms with E-state index in [4.69, 9.17) is 4.74 Å². The summed E-state index contributed by atoms with van der Waals surface area (Å²) in [5.41, 5.74) is 3.26. The van der Waals surface area contributed by atoms with E-state index < -0.39 is 0 Å². The fourth-order valence-corrected chi connectivity index (χ4v) is 3.27. The summed E-state index contributed by atoms with van der Waals surface area (Å²) >= 11 is 0. The SMILES string of the molecule is COc1cccc(N2CCN(C(=O)c3ccc(C(C)(C)C)cc3)CC2)c1. The van der Waals surface area contributed by atoms with Gasteiger partial charge in [0.1, 0.15) is 5.75 Å². The van der Waals surface area contributed by atoms with E-state index in [1.54, 1.807) is 7.11 Å². The largest absolute Gasteiger partial charge is 0.497 e. The van der Waals surface area contributed by atoms with Gasteiger partial charge in [0.05, 0.1) is 7.11 Å². The second-order valence-corrected chi connectivity index (χ2v) is 7.81. The van der Waals surface area contributed by atoms with Crippen molar-refractivity contribution in [2.24, 2.45) is 0 Å². The Hall–Kier alpha value is -2.49. The number of carbonyl (C=O) groups is 1. The number of piperazine rings is 1. The number of nitrogens with zero attached hydrogens (tertiary/aromatic N) is 2. The molecule has 1 heterocycles. The monoisotopic (exact) mass is 352 g/mol. The van der Waals surface area contributed by atoms with Crippen LogP contribution >= 0.6 is 0 Å². The molecule has 0 atom stereocenters. The molecule has 26 heavy (non-hydrogen) atoms. The summed E-state index contributed by atoms with van der Waals surface area (Å²) in [7, 11) is 1.68. The first-order chi connectivity index (χ1) is 12.4. The molecule has 0 radical (unpaired) electrons. The zero-order valence-corrected chi connectivity index (χ0v) is 16.2. The third-order valence-corrected chi connectivity index (χ3v) is 4.98. The molecule has 4 heteroatoms. The topological polar surface area (TPSA) is 32.8 Å². The molecular formula is C22H28N2O2. The Balaban J connectivity index is 1.63. The lowest BCUT2D eigenvalue weighted by Crippen LogP contribution is -2.48. The van der Waals surface area contributed by atoms with Gasteiger partial charge in [-0.3, -0.25) is 4.79 Å². The Morgan fingerprint density at radius 2 is 1.62 bits per heavy atom. The maximum atomic E-state index is 12.8. The van der Waals surface area contributed by atoms with E-state index in [9.17, 15) is 4.79 Å². The normalized spacial score (nSPS) is 15.1. The summed E-state index contributed by atoms with van der Waals surface area (Å²) in [4.78, 5) is 17.0. The van der Waals surface area contributed by atoms with Crippen LogP contribution in [0, 0.1) is 0 Å². The summed E-state index contributed by atoms with van der Waals surface area (Å²) in [5.74, 6) is 0.982. The van der Waals surface area contributed by atoms with Gasteiger partial charge < -0.3 is 14.5 Å². The van der Waals surface area contributed by atoms with Crippen LogP contribution in [0.1, 0.15) is 36.7 Å². The molecule has 0 spiro atoms. The fourth-order valence-electron chi connectivity index (χ4n) is 3.27. The third-order valence-electron chi connectivity index (χ3n) is 4.98. The second-order valence-electron chi connectivity index (χ2n) is 7.81. The molecule has 4 nitrogen and oxygen atoms in total. The van der Waals surface area contributed by atoms with Crippen molar-refractivity contribution in [3.8, 4) is 5.75 Å². The van der Waals surface area contributed by atoms with Crippen molar-refractivity contribution in [1.82, 2.24) is 4.90 Å². The molecule has 0 bridgehead atoms. The van der Waals surface area contributed by atoms with E-state index in [2.05, 4.69) is 43.9 Å². The molecule has 138 valence electrons. The highest BCUT2D eigenvalue weighted by molar-refractivity contribution is 5.94. The molecule has 2 aromatic carbocycles. The van der Waals surface area contributed by atoms with Crippen LogP contribution in [-0.2, 0) is 5.41 Å². The molecule has 0 aromatic heterocycles. The summed E-state index contributed by atoms with van der Waals surface area (Å²) < 4.78 is 5.31. The minimum absolute atomic E-state index is 0.101. The van der Waals surface area contributed by atoms with Gasteiger partial charge in [-0.05, 0) is 35.2 Å². The van der Waals surface area contributed by atoms with Crippen LogP contribution in [0.5, 0.6) is 5.75 Å². The van der Waals surface area contributed by atoms with Crippen molar-refractivity contribution in [2.45, 2.75) is 26.2 Å². The molecule has 0 N–H and O–H groups in total. The number of benzene rings is 2. The van der Waals surface area contributed by atoms with E-state index >= 15 is 0 Å². The van der Waals surface area contributed by atoms with Crippen molar-refractivity contribution in [2.75, 3.05) is 38.2 Å². The Morgan fingerprint density at radius 3 is 2.19 bits per heavy atom. The zero-order chi connectivity index (χ0) is 18.7. The second kappa shape index (κ2) is 7.40. The van der Waals surface area contributed by atoms with Gasteiger partial charge in [-0.1, -0.05) is 39.0 Å². The highest BCUT2D eigenvalue weighted by Crippen LogP contribution is 2.24. The lowest BCUT2D eigenvalue weighted by Gasteiger charge is -2.36.